The molecule has 0 amide bonds. The summed E-state index contributed by atoms with van der Waals surface area (Å²) in [5.41, 5.74) is 0. The van der Waals surface area contributed by atoms with Crippen LogP contribution in [-0.4, -0.2) is 12.4 Å². The molecule has 2 heteroatoms. The fraction of sp³-hybridized carbons (Fsp3) is 0.667. The Bertz CT molecular complexity index is 61.5. The van der Waals surface area contributed by atoms with Gasteiger partial charge in [-0.05, 0) is 19.0 Å². The average Bonchev–Trinajstić information content (AvgIpc) is 1.81. The fourth-order valence-corrected chi connectivity index (χ4v) is 0.720. The highest BCUT2D eigenvalue weighted by molar-refractivity contribution is 9.09. The molecule has 1 N–H and O–H groups in total. The Hall–Kier alpha value is 0.0200. The molecule has 0 bridgehead atoms. The first-order valence-electron chi connectivity index (χ1n) is 2.80. The summed E-state index contributed by atoms with van der Waals surface area (Å²) in [6.07, 6.45) is 6.47. The van der Waals surface area contributed by atoms with E-state index in [1.54, 1.807) is 0 Å². The molecule has 0 fully saturated rings. The lowest BCUT2D eigenvalue weighted by Crippen LogP contribution is -1.90. The van der Waals surface area contributed by atoms with E-state index in [1.807, 2.05) is 13.2 Å². The smallest absolute Gasteiger partial charge is 0.00342 e. The van der Waals surface area contributed by atoms with E-state index < -0.39 is 0 Å². The maximum absolute atomic E-state index is 3.35. The Labute approximate surface area is 59.3 Å². The Balaban J connectivity index is 2.80. The quantitative estimate of drug-likeness (QED) is 0.512. The Morgan fingerprint density at radius 3 is 2.88 bits per heavy atom. The Morgan fingerprint density at radius 1 is 1.62 bits per heavy atom. The molecule has 0 saturated carbocycles. The molecule has 0 aliphatic carbocycles. The summed E-state index contributed by atoms with van der Waals surface area (Å²) >= 11 is 3.35. The Morgan fingerprint density at radius 2 is 2.38 bits per heavy atom. The van der Waals surface area contributed by atoms with E-state index in [2.05, 4.69) is 27.3 Å². The van der Waals surface area contributed by atoms with Crippen molar-refractivity contribution in [2.24, 2.45) is 0 Å². The third kappa shape index (κ3) is 6.02. The number of hydrogen-bond acceptors (Lipinski definition) is 1. The van der Waals surface area contributed by atoms with Crippen molar-refractivity contribution in [2.75, 3.05) is 12.4 Å². The van der Waals surface area contributed by atoms with Crippen LogP contribution >= 0.6 is 15.9 Å². The van der Waals surface area contributed by atoms with E-state index in [1.165, 1.54) is 6.42 Å². The minimum atomic E-state index is 1.10. The number of unbranched alkanes of at least 4 members (excludes halogenated alkanes) is 1. The zero-order chi connectivity index (χ0) is 6.24. The van der Waals surface area contributed by atoms with Gasteiger partial charge in [0.1, 0.15) is 0 Å². The van der Waals surface area contributed by atoms with E-state index in [0.29, 0.717) is 0 Å². The highest BCUT2D eigenvalue weighted by Gasteiger charge is 1.75. The molecular formula is C6H12BrN. The van der Waals surface area contributed by atoms with Crippen LogP contribution in [0.5, 0.6) is 0 Å². The minimum absolute atomic E-state index is 1.10. The molecule has 48 valence electrons. The lowest BCUT2D eigenvalue weighted by atomic mass is 10.3. The number of halogens is 1. The van der Waals surface area contributed by atoms with E-state index >= 15 is 0 Å². The molecule has 1 nitrogen and oxygen atoms in total. The zero-order valence-electron chi connectivity index (χ0n) is 5.15. The molecule has 0 aliphatic rings. The first kappa shape index (κ1) is 8.02. The van der Waals surface area contributed by atoms with Crippen LogP contribution in [0.2, 0.25) is 0 Å². The zero-order valence-corrected chi connectivity index (χ0v) is 6.74. The molecule has 0 unspecified atom stereocenters. The van der Waals surface area contributed by atoms with Gasteiger partial charge in [0.15, 0.2) is 0 Å². The average molecular weight is 178 g/mol. The molecule has 0 aromatic heterocycles. The summed E-state index contributed by atoms with van der Waals surface area (Å²) in [5, 5.41) is 4.03. The van der Waals surface area contributed by atoms with E-state index in [0.717, 1.165) is 11.8 Å². The molecule has 8 heavy (non-hydrogen) atoms. The highest BCUT2D eigenvalue weighted by Crippen LogP contribution is 1.93. The van der Waals surface area contributed by atoms with Gasteiger partial charge in [0.05, 0.1) is 0 Å². The van der Waals surface area contributed by atoms with Crippen LogP contribution in [0.4, 0.5) is 0 Å². The van der Waals surface area contributed by atoms with Gasteiger partial charge in [0.2, 0.25) is 0 Å². The van der Waals surface area contributed by atoms with Crippen LogP contribution in [0, 0.1) is 0 Å². The summed E-state index contributed by atoms with van der Waals surface area (Å²) in [7, 11) is 1.91. The van der Waals surface area contributed by atoms with Gasteiger partial charge in [-0.2, -0.15) is 0 Å². The first-order valence-corrected chi connectivity index (χ1v) is 3.92. The molecule has 0 rings (SSSR count). The maximum atomic E-state index is 3.35. The van der Waals surface area contributed by atoms with Gasteiger partial charge in [0, 0.05) is 12.4 Å². The van der Waals surface area contributed by atoms with Gasteiger partial charge >= 0.3 is 0 Å². The third-order valence-electron chi connectivity index (χ3n) is 0.789. The van der Waals surface area contributed by atoms with Gasteiger partial charge in [-0.15, -0.1) is 0 Å². The molecule has 0 spiro atoms. The van der Waals surface area contributed by atoms with Crippen LogP contribution in [0.25, 0.3) is 0 Å². The van der Waals surface area contributed by atoms with E-state index in [9.17, 15) is 0 Å². The molecule has 0 aromatic rings. The summed E-state index contributed by atoms with van der Waals surface area (Å²) in [6.45, 7) is 0. The monoisotopic (exact) mass is 177 g/mol. The van der Waals surface area contributed by atoms with Crippen LogP contribution < -0.4 is 5.32 Å². The highest BCUT2D eigenvalue weighted by atomic mass is 79.9. The standard InChI is InChI=1S/C6H12BrN/c1-8-6-4-2-3-5-7/h4,6,8H,2-3,5H2,1H3. The van der Waals surface area contributed by atoms with Crippen LogP contribution in [0.15, 0.2) is 12.3 Å². The minimum Gasteiger partial charge on any atom is -0.394 e. The normalized spacial score (nSPS) is 10.2. The largest absolute Gasteiger partial charge is 0.394 e. The van der Waals surface area contributed by atoms with Crippen molar-refractivity contribution in [3.8, 4) is 0 Å². The van der Waals surface area contributed by atoms with Crippen LogP contribution in [0.1, 0.15) is 12.8 Å². The maximum Gasteiger partial charge on any atom is 0.00342 e. The van der Waals surface area contributed by atoms with Crippen LogP contribution in [-0.2, 0) is 0 Å². The molecule has 0 atom stereocenters. The molecular weight excluding hydrogens is 166 g/mol. The molecule has 0 radical (unpaired) electrons. The van der Waals surface area contributed by atoms with Crippen LogP contribution in [0.3, 0.4) is 0 Å². The topological polar surface area (TPSA) is 12.0 Å². The third-order valence-corrected chi connectivity index (χ3v) is 1.35. The van der Waals surface area contributed by atoms with Crippen molar-refractivity contribution < 1.29 is 0 Å². The number of nitrogens with one attached hydrogen (secondary N) is 1. The number of allylic oxidation sites excluding steroid dienone is 1. The molecule has 0 heterocycles. The Kier molecular flexibility index (Phi) is 7.04. The predicted molar refractivity (Wildman–Crippen MR) is 41.2 cm³/mol. The van der Waals surface area contributed by atoms with Crippen molar-refractivity contribution in [3.05, 3.63) is 12.3 Å². The van der Waals surface area contributed by atoms with Crippen molar-refractivity contribution in [2.45, 2.75) is 12.8 Å². The molecule has 0 aliphatic heterocycles. The van der Waals surface area contributed by atoms with E-state index in [-0.39, 0.29) is 0 Å². The van der Waals surface area contributed by atoms with Gasteiger partial charge < -0.3 is 5.32 Å². The second-order valence-corrected chi connectivity index (χ2v) is 2.32. The van der Waals surface area contributed by atoms with Crippen molar-refractivity contribution in [3.63, 3.8) is 0 Å². The lowest BCUT2D eigenvalue weighted by Gasteiger charge is -1.86. The first-order chi connectivity index (χ1) is 3.91. The number of hydrogen-bond donors (Lipinski definition) is 1. The number of rotatable bonds is 4. The summed E-state index contributed by atoms with van der Waals surface area (Å²) in [5.74, 6) is 0. The van der Waals surface area contributed by atoms with Gasteiger partial charge in [-0.1, -0.05) is 22.0 Å². The SMILES string of the molecule is CNC=CCCCBr. The lowest BCUT2D eigenvalue weighted by molar-refractivity contribution is 0.960. The predicted octanol–water partition coefficient (Wildman–Crippen LogP) is 1.89. The second-order valence-electron chi connectivity index (χ2n) is 1.52. The van der Waals surface area contributed by atoms with Crippen molar-refractivity contribution in [1.29, 1.82) is 0 Å². The van der Waals surface area contributed by atoms with E-state index in [4.69, 9.17) is 0 Å². The van der Waals surface area contributed by atoms with Gasteiger partial charge in [0.25, 0.3) is 0 Å². The van der Waals surface area contributed by atoms with Gasteiger partial charge in [-0.3, -0.25) is 0 Å². The van der Waals surface area contributed by atoms with Crippen molar-refractivity contribution >= 4 is 15.9 Å². The van der Waals surface area contributed by atoms with Crippen molar-refractivity contribution in [1.82, 2.24) is 5.32 Å². The fourth-order valence-electron chi connectivity index (χ4n) is 0.396. The summed E-state index contributed by atoms with van der Waals surface area (Å²) in [4.78, 5) is 0. The molecule has 0 aromatic carbocycles. The molecule has 0 saturated heterocycles. The summed E-state index contributed by atoms with van der Waals surface area (Å²) in [6, 6.07) is 0. The second kappa shape index (κ2) is 7.02. The van der Waals surface area contributed by atoms with Gasteiger partial charge in [-0.25, -0.2) is 0 Å². The number of alkyl halides is 1. The summed E-state index contributed by atoms with van der Waals surface area (Å²) < 4.78 is 0.